The third kappa shape index (κ3) is 4.91. The van der Waals surface area contributed by atoms with Crippen LogP contribution in [0.2, 0.25) is 0 Å². The van der Waals surface area contributed by atoms with E-state index in [0.717, 1.165) is 0 Å². The van der Waals surface area contributed by atoms with E-state index in [-0.39, 0.29) is 6.42 Å². The molecule has 0 aromatic heterocycles. The SMILES string of the molecule is COC(=O)CC(C(=O)OC)C(C)OC(=O)c1ccccc1. The lowest BCUT2D eigenvalue weighted by molar-refractivity contribution is -0.155. The molecule has 0 amide bonds. The lowest BCUT2D eigenvalue weighted by Gasteiger charge is -2.21. The van der Waals surface area contributed by atoms with Gasteiger partial charge >= 0.3 is 17.9 Å². The van der Waals surface area contributed by atoms with Crippen molar-refractivity contribution < 1.29 is 28.6 Å². The Morgan fingerprint density at radius 3 is 2.19 bits per heavy atom. The second-order valence-electron chi connectivity index (χ2n) is 4.39. The predicted molar refractivity (Wildman–Crippen MR) is 73.5 cm³/mol. The quantitative estimate of drug-likeness (QED) is 0.585. The summed E-state index contributed by atoms with van der Waals surface area (Å²) in [5.74, 6) is -2.68. The smallest absolute Gasteiger partial charge is 0.338 e. The Labute approximate surface area is 123 Å². The van der Waals surface area contributed by atoms with Gasteiger partial charge in [-0.1, -0.05) is 18.2 Å². The fourth-order valence-electron chi connectivity index (χ4n) is 1.75. The summed E-state index contributed by atoms with van der Waals surface area (Å²) in [4.78, 5) is 35.0. The summed E-state index contributed by atoms with van der Waals surface area (Å²) < 4.78 is 14.4. The largest absolute Gasteiger partial charge is 0.469 e. The molecule has 6 heteroatoms. The summed E-state index contributed by atoms with van der Waals surface area (Å²) in [6, 6.07) is 8.38. The highest BCUT2D eigenvalue weighted by Gasteiger charge is 2.31. The van der Waals surface area contributed by atoms with E-state index in [1.54, 1.807) is 30.3 Å². The first-order valence-electron chi connectivity index (χ1n) is 6.40. The highest BCUT2D eigenvalue weighted by molar-refractivity contribution is 5.89. The first-order valence-corrected chi connectivity index (χ1v) is 6.40. The van der Waals surface area contributed by atoms with Gasteiger partial charge in [-0.2, -0.15) is 0 Å². The molecule has 0 radical (unpaired) electrons. The van der Waals surface area contributed by atoms with Crippen molar-refractivity contribution >= 4 is 17.9 Å². The van der Waals surface area contributed by atoms with Gasteiger partial charge in [-0.05, 0) is 19.1 Å². The molecule has 2 atom stereocenters. The summed E-state index contributed by atoms with van der Waals surface area (Å²) in [5, 5.41) is 0. The molecule has 0 heterocycles. The maximum Gasteiger partial charge on any atom is 0.338 e. The third-order valence-corrected chi connectivity index (χ3v) is 2.99. The van der Waals surface area contributed by atoms with Crippen molar-refractivity contribution in [3.63, 3.8) is 0 Å². The maximum absolute atomic E-state index is 11.9. The van der Waals surface area contributed by atoms with Crippen LogP contribution in [0.25, 0.3) is 0 Å². The number of carbonyl (C=O) groups is 3. The predicted octanol–water partition coefficient (Wildman–Crippen LogP) is 1.58. The van der Waals surface area contributed by atoms with Gasteiger partial charge in [0.1, 0.15) is 12.0 Å². The van der Waals surface area contributed by atoms with Gasteiger partial charge in [0.25, 0.3) is 0 Å². The zero-order chi connectivity index (χ0) is 15.8. The summed E-state index contributed by atoms with van der Waals surface area (Å²) in [7, 11) is 2.43. The molecule has 1 rings (SSSR count). The van der Waals surface area contributed by atoms with Crippen molar-refractivity contribution in [3.05, 3.63) is 35.9 Å². The fourth-order valence-corrected chi connectivity index (χ4v) is 1.75. The van der Waals surface area contributed by atoms with Crippen molar-refractivity contribution in [2.75, 3.05) is 14.2 Å². The minimum Gasteiger partial charge on any atom is -0.469 e. The van der Waals surface area contributed by atoms with E-state index in [1.807, 2.05) is 0 Å². The van der Waals surface area contributed by atoms with Crippen LogP contribution in [0.5, 0.6) is 0 Å². The lowest BCUT2D eigenvalue weighted by Crippen LogP contribution is -2.33. The van der Waals surface area contributed by atoms with E-state index in [0.29, 0.717) is 5.56 Å². The highest BCUT2D eigenvalue weighted by atomic mass is 16.6. The Morgan fingerprint density at radius 1 is 1.05 bits per heavy atom. The minimum absolute atomic E-state index is 0.216. The highest BCUT2D eigenvalue weighted by Crippen LogP contribution is 2.17. The van der Waals surface area contributed by atoms with Crippen molar-refractivity contribution in [2.24, 2.45) is 5.92 Å². The Balaban J connectivity index is 2.76. The molecular formula is C15H18O6. The Bertz CT molecular complexity index is 496. The summed E-state index contributed by atoms with van der Waals surface area (Å²) in [6.45, 7) is 1.53. The van der Waals surface area contributed by atoms with E-state index < -0.39 is 29.9 Å². The summed E-state index contributed by atoms with van der Waals surface area (Å²) in [5.41, 5.74) is 0.367. The molecule has 0 N–H and O–H groups in total. The van der Waals surface area contributed by atoms with Crippen LogP contribution in [0, 0.1) is 5.92 Å². The van der Waals surface area contributed by atoms with E-state index in [4.69, 9.17) is 4.74 Å². The Hall–Kier alpha value is -2.37. The second-order valence-corrected chi connectivity index (χ2v) is 4.39. The number of benzene rings is 1. The number of hydrogen-bond acceptors (Lipinski definition) is 6. The van der Waals surface area contributed by atoms with Crippen molar-refractivity contribution in [1.29, 1.82) is 0 Å². The molecule has 1 aromatic rings. The number of carbonyl (C=O) groups excluding carboxylic acids is 3. The molecule has 0 saturated heterocycles. The van der Waals surface area contributed by atoms with Gasteiger partial charge in [-0.15, -0.1) is 0 Å². The average molecular weight is 294 g/mol. The standard InChI is InChI=1S/C15H18O6/c1-10(12(15(18)20-3)9-13(16)19-2)21-14(17)11-7-5-4-6-8-11/h4-8,10,12H,9H2,1-3H3. The number of methoxy groups -OCH3 is 2. The van der Waals surface area contributed by atoms with Gasteiger partial charge in [0.15, 0.2) is 0 Å². The number of ether oxygens (including phenoxy) is 3. The van der Waals surface area contributed by atoms with E-state index in [1.165, 1.54) is 21.1 Å². The molecular weight excluding hydrogens is 276 g/mol. The molecule has 0 aliphatic heterocycles. The van der Waals surface area contributed by atoms with Crippen LogP contribution in [0.15, 0.2) is 30.3 Å². The minimum atomic E-state index is -0.907. The first kappa shape index (κ1) is 16.7. The zero-order valence-corrected chi connectivity index (χ0v) is 12.2. The summed E-state index contributed by atoms with van der Waals surface area (Å²) in [6.07, 6.45) is -1.03. The van der Waals surface area contributed by atoms with Crippen LogP contribution in [0.4, 0.5) is 0 Å². The van der Waals surface area contributed by atoms with Crippen LogP contribution < -0.4 is 0 Å². The number of hydrogen-bond donors (Lipinski definition) is 0. The molecule has 2 unspecified atom stereocenters. The van der Waals surface area contributed by atoms with Crippen molar-refractivity contribution in [2.45, 2.75) is 19.4 Å². The topological polar surface area (TPSA) is 78.9 Å². The maximum atomic E-state index is 11.9. The van der Waals surface area contributed by atoms with Crippen LogP contribution in [-0.2, 0) is 23.8 Å². The van der Waals surface area contributed by atoms with Crippen LogP contribution in [0.3, 0.4) is 0 Å². The Kier molecular flexibility index (Phi) is 6.39. The van der Waals surface area contributed by atoms with Crippen LogP contribution in [-0.4, -0.2) is 38.2 Å². The molecule has 0 bridgehead atoms. The summed E-state index contributed by atoms with van der Waals surface area (Å²) >= 11 is 0. The van der Waals surface area contributed by atoms with Gasteiger partial charge in [0, 0.05) is 0 Å². The van der Waals surface area contributed by atoms with Gasteiger partial charge < -0.3 is 14.2 Å². The third-order valence-electron chi connectivity index (χ3n) is 2.99. The van der Waals surface area contributed by atoms with Gasteiger partial charge in [0.05, 0.1) is 26.2 Å². The molecule has 0 fully saturated rings. The molecule has 21 heavy (non-hydrogen) atoms. The molecule has 114 valence electrons. The number of rotatable bonds is 6. The van der Waals surface area contributed by atoms with Crippen molar-refractivity contribution in [3.8, 4) is 0 Å². The first-order chi connectivity index (χ1) is 9.99. The van der Waals surface area contributed by atoms with E-state index >= 15 is 0 Å². The van der Waals surface area contributed by atoms with Crippen LogP contribution >= 0.6 is 0 Å². The second kappa shape index (κ2) is 8.04. The molecule has 1 aromatic carbocycles. The van der Waals surface area contributed by atoms with Gasteiger partial charge in [0.2, 0.25) is 0 Å². The Morgan fingerprint density at radius 2 is 1.67 bits per heavy atom. The fraction of sp³-hybridized carbons (Fsp3) is 0.400. The molecule has 0 saturated carbocycles. The number of esters is 3. The average Bonchev–Trinajstić information content (AvgIpc) is 2.52. The molecule has 0 spiro atoms. The van der Waals surface area contributed by atoms with E-state index in [2.05, 4.69) is 9.47 Å². The normalized spacial score (nSPS) is 12.9. The zero-order valence-electron chi connectivity index (χ0n) is 12.2. The van der Waals surface area contributed by atoms with E-state index in [9.17, 15) is 14.4 Å². The molecule has 6 nitrogen and oxygen atoms in total. The molecule has 0 aliphatic carbocycles. The van der Waals surface area contributed by atoms with Crippen LogP contribution in [0.1, 0.15) is 23.7 Å². The lowest BCUT2D eigenvalue weighted by atomic mass is 9.99. The van der Waals surface area contributed by atoms with Gasteiger partial charge in [-0.3, -0.25) is 9.59 Å². The molecule has 0 aliphatic rings. The van der Waals surface area contributed by atoms with Crippen molar-refractivity contribution in [1.82, 2.24) is 0 Å². The van der Waals surface area contributed by atoms with Gasteiger partial charge in [-0.25, -0.2) is 4.79 Å². The monoisotopic (exact) mass is 294 g/mol.